The van der Waals surface area contributed by atoms with E-state index in [0.717, 1.165) is 5.56 Å². The van der Waals surface area contributed by atoms with Crippen molar-refractivity contribution in [3.05, 3.63) is 65.5 Å². The van der Waals surface area contributed by atoms with Crippen LogP contribution in [0.25, 0.3) is 0 Å². The SMILES string of the molecule is Cc1ccccc1C(N)=O.NC(=O)c1ccccn1.[HH].[HH]. The molecular formula is C14H19N3O2. The Morgan fingerprint density at radius 3 is 2.00 bits per heavy atom. The number of benzene rings is 1. The predicted octanol–water partition coefficient (Wildman–Crippen LogP) is 1.77. The molecule has 0 fully saturated rings. The van der Waals surface area contributed by atoms with Gasteiger partial charge in [0.1, 0.15) is 5.69 Å². The van der Waals surface area contributed by atoms with E-state index >= 15 is 0 Å². The Balaban J connectivity index is 0. The Kier molecular flexibility index (Phi) is 5.22. The first kappa shape index (κ1) is 14.4. The van der Waals surface area contributed by atoms with Crippen LogP contribution in [0.15, 0.2) is 48.7 Å². The van der Waals surface area contributed by atoms with Gasteiger partial charge in [0, 0.05) is 14.6 Å². The number of nitrogens with two attached hydrogens (primary N) is 2. The largest absolute Gasteiger partial charge is 0.366 e. The Morgan fingerprint density at radius 2 is 1.63 bits per heavy atom. The molecule has 1 heterocycles. The molecule has 5 nitrogen and oxygen atoms in total. The van der Waals surface area contributed by atoms with E-state index in [4.69, 9.17) is 11.5 Å². The average Bonchev–Trinajstić information content (AvgIpc) is 2.40. The lowest BCUT2D eigenvalue weighted by Gasteiger charge is -1.97. The van der Waals surface area contributed by atoms with E-state index < -0.39 is 5.91 Å². The first-order valence-electron chi connectivity index (χ1n) is 5.58. The number of pyridine rings is 1. The van der Waals surface area contributed by atoms with Crippen molar-refractivity contribution in [2.75, 3.05) is 0 Å². The van der Waals surface area contributed by atoms with Crippen LogP contribution in [0.1, 0.15) is 29.3 Å². The highest BCUT2D eigenvalue weighted by Crippen LogP contribution is 2.04. The molecule has 0 atom stereocenters. The van der Waals surface area contributed by atoms with E-state index in [9.17, 15) is 9.59 Å². The fraction of sp³-hybridized carbons (Fsp3) is 0.0714. The summed E-state index contributed by atoms with van der Waals surface area (Å²) >= 11 is 0. The van der Waals surface area contributed by atoms with Crippen LogP contribution in [0.3, 0.4) is 0 Å². The number of nitrogens with zero attached hydrogens (tertiary/aromatic N) is 1. The van der Waals surface area contributed by atoms with Gasteiger partial charge in [-0.2, -0.15) is 0 Å². The van der Waals surface area contributed by atoms with Crippen molar-refractivity contribution in [1.29, 1.82) is 0 Å². The number of aryl methyl sites for hydroxylation is 1. The minimum atomic E-state index is -0.490. The number of carbonyl (C=O) groups is 2. The van der Waals surface area contributed by atoms with Crippen LogP contribution in [-0.2, 0) is 0 Å². The van der Waals surface area contributed by atoms with Crippen LogP contribution in [0.5, 0.6) is 0 Å². The van der Waals surface area contributed by atoms with E-state index in [2.05, 4.69) is 4.98 Å². The maximum Gasteiger partial charge on any atom is 0.267 e. The van der Waals surface area contributed by atoms with Crippen LogP contribution < -0.4 is 11.5 Å². The smallest absolute Gasteiger partial charge is 0.267 e. The van der Waals surface area contributed by atoms with Gasteiger partial charge in [-0.3, -0.25) is 14.6 Å². The summed E-state index contributed by atoms with van der Waals surface area (Å²) in [5.41, 5.74) is 11.8. The van der Waals surface area contributed by atoms with E-state index in [1.54, 1.807) is 30.3 Å². The number of primary amides is 2. The van der Waals surface area contributed by atoms with Gasteiger partial charge in [0.2, 0.25) is 5.91 Å². The number of hydrogen-bond acceptors (Lipinski definition) is 3. The molecule has 0 aliphatic rings. The van der Waals surface area contributed by atoms with Crippen molar-refractivity contribution in [1.82, 2.24) is 4.98 Å². The molecule has 0 spiro atoms. The number of aromatic nitrogens is 1. The van der Waals surface area contributed by atoms with Gasteiger partial charge in [-0.15, -0.1) is 0 Å². The number of hydrogen-bond donors (Lipinski definition) is 2. The van der Waals surface area contributed by atoms with Gasteiger partial charge in [-0.05, 0) is 30.7 Å². The Hall–Kier alpha value is -2.69. The van der Waals surface area contributed by atoms with E-state index in [1.165, 1.54) is 6.20 Å². The molecule has 2 amide bonds. The zero-order valence-corrected chi connectivity index (χ0v) is 10.5. The minimum absolute atomic E-state index is 0. The first-order chi connectivity index (χ1) is 9.02. The van der Waals surface area contributed by atoms with Gasteiger partial charge in [0.05, 0.1) is 0 Å². The third-order valence-corrected chi connectivity index (χ3v) is 2.33. The lowest BCUT2D eigenvalue weighted by molar-refractivity contribution is 0.0989. The summed E-state index contributed by atoms with van der Waals surface area (Å²) < 4.78 is 0. The minimum Gasteiger partial charge on any atom is -0.366 e. The number of carbonyl (C=O) groups excluding carboxylic acids is 2. The van der Waals surface area contributed by atoms with Gasteiger partial charge < -0.3 is 11.5 Å². The molecule has 2 aromatic rings. The normalized spacial score (nSPS) is 9.11. The third-order valence-electron chi connectivity index (χ3n) is 2.33. The van der Waals surface area contributed by atoms with E-state index in [-0.39, 0.29) is 8.76 Å². The molecule has 0 aliphatic carbocycles. The molecule has 0 saturated heterocycles. The second kappa shape index (κ2) is 6.90. The summed E-state index contributed by atoms with van der Waals surface area (Å²) in [5.74, 6) is -0.853. The molecule has 1 aromatic carbocycles. The monoisotopic (exact) mass is 261 g/mol. The first-order valence-corrected chi connectivity index (χ1v) is 5.58. The molecule has 0 aliphatic heterocycles. The molecule has 2 rings (SSSR count). The maximum absolute atomic E-state index is 10.6. The topological polar surface area (TPSA) is 99.1 Å². The third kappa shape index (κ3) is 4.59. The van der Waals surface area contributed by atoms with Crippen molar-refractivity contribution in [2.45, 2.75) is 6.92 Å². The molecule has 0 radical (unpaired) electrons. The fourth-order valence-corrected chi connectivity index (χ4v) is 1.36. The number of amides is 2. The summed E-state index contributed by atoms with van der Waals surface area (Å²) in [5, 5.41) is 0. The highest BCUT2D eigenvalue weighted by atomic mass is 16.1. The lowest BCUT2D eigenvalue weighted by Crippen LogP contribution is -2.12. The zero-order valence-electron chi connectivity index (χ0n) is 10.5. The molecule has 0 bridgehead atoms. The van der Waals surface area contributed by atoms with Gasteiger partial charge in [0.25, 0.3) is 5.91 Å². The molecule has 102 valence electrons. The van der Waals surface area contributed by atoms with Crippen molar-refractivity contribution in [3.63, 3.8) is 0 Å². The summed E-state index contributed by atoms with van der Waals surface area (Å²) in [4.78, 5) is 24.7. The predicted molar refractivity (Wildman–Crippen MR) is 76.7 cm³/mol. The zero-order chi connectivity index (χ0) is 14.3. The molecule has 0 saturated carbocycles. The van der Waals surface area contributed by atoms with Crippen molar-refractivity contribution in [3.8, 4) is 0 Å². The summed E-state index contributed by atoms with van der Waals surface area (Å²) in [6, 6.07) is 12.3. The van der Waals surface area contributed by atoms with Gasteiger partial charge in [-0.25, -0.2) is 0 Å². The average molecular weight is 261 g/mol. The standard InChI is InChI=1S/C8H9NO.C6H6N2O.2H2/c1-6-4-2-3-5-7(6)8(9)10;7-6(9)5-3-1-2-4-8-5;;/h2-5H,1H3,(H2,9,10);1-4H,(H2,7,9);2*1H. The Labute approximate surface area is 114 Å². The molecule has 4 N–H and O–H groups in total. The second-order valence-corrected chi connectivity index (χ2v) is 3.76. The van der Waals surface area contributed by atoms with Crippen molar-refractivity contribution in [2.24, 2.45) is 11.5 Å². The summed E-state index contributed by atoms with van der Waals surface area (Å²) in [7, 11) is 0. The van der Waals surface area contributed by atoms with Crippen LogP contribution in [0.2, 0.25) is 0 Å². The summed E-state index contributed by atoms with van der Waals surface area (Å²) in [6.07, 6.45) is 1.53. The van der Waals surface area contributed by atoms with Gasteiger partial charge in [0.15, 0.2) is 0 Å². The number of rotatable bonds is 2. The fourth-order valence-electron chi connectivity index (χ4n) is 1.36. The molecule has 19 heavy (non-hydrogen) atoms. The van der Waals surface area contributed by atoms with Crippen LogP contribution in [0.4, 0.5) is 0 Å². The second-order valence-electron chi connectivity index (χ2n) is 3.76. The van der Waals surface area contributed by atoms with E-state index in [0.29, 0.717) is 11.3 Å². The van der Waals surface area contributed by atoms with Crippen LogP contribution in [-0.4, -0.2) is 16.8 Å². The van der Waals surface area contributed by atoms with Crippen LogP contribution >= 0.6 is 0 Å². The van der Waals surface area contributed by atoms with E-state index in [1.807, 2.05) is 19.1 Å². The molecule has 1 aromatic heterocycles. The summed E-state index contributed by atoms with van der Waals surface area (Å²) in [6.45, 7) is 1.86. The van der Waals surface area contributed by atoms with Crippen molar-refractivity contribution < 1.29 is 12.4 Å². The highest BCUT2D eigenvalue weighted by molar-refractivity contribution is 5.94. The quantitative estimate of drug-likeness (QED) is 0.861. The van der Waals surface area contributed by atoms with Gasteiger partial charge >= 0.3 is 0 Å². The maximum atomic E-state index is 10.6. The molecule has 0 unspecified atom stereocenters. The Morgan fingerprint density at radius 1 is 1.00 bits per heavy atom. The lowest BCUT2D eigenvalue weighted by atomic mass is 10.1. The van der Waals surface area contributed by atoms with Crippen molar-refractivity contribution >= 4 is 11.8 Å². The molecular weight excluding hydrogens is 242 g/mol. The Bertz CT molecular complexity index is 577. The highest BCUT2D eigenvalue weighted by Gasteiger charge is 2.00. The van der Waals surface area contributed by atoms with Gasteiger partial charge in [-0.1, -0.05) is 24.3 Å². The molecule has 5 heteroatoms. The van der Waals surface area contributed by atoms with Crippen LogP contribution in [0, 0.1) is 6.92 Å².